The number of phenolic OH excluding ortho intramolecular Hbond substituents is 1. The molecule has 0 unspecified atom stereocenters. The molecule has 0 bridgehead atoms. The van der Waals surface area contributed by atoms with Crippen LogP contribution in [0.15, 0.2) is 30.3 Å². The SMILES string of the molecule is COc1cc(/C=C2\C(=O)Oc3ccc(O)cc32)cc(OC)c1OC. The molecule has 0 aliphatic carbocycles. The Morgan fingerprint density at radius 2 is 1.67 bits per heavy atom. The van der Waals surface area contributed by atoms with Gasteiger partial charge in [-0.15, -0.1) is 0 Å². The Labute approximate surface area is 138 Å². The highest BCUT2D eigenvalue weighted by Gasteiger charge is 2.27. The first-order chi connectivity index (χ1) is 11.6. The van der Waals surface area contributed by atoms with Crippen LogP contribution in [-0.2, 0) is 4.79 Å². The average Bonchev–Trinajstić information content (AvgIpc) is 2.89. The monoisotopic (exact) mass is 328 g/mol. The third kappa shape index (κ3) is 2.62. The molecule has 6 heteroatoms. The summed E-state index contributed by atoms with van der Waals surface area (Å²) in [4.78, 5) is 12.1. The van der Waals surface area contributed by atoms with Gasteiger partial charge in [0.15, 0.2) is 11.5 Å². The summed E-state index contributed by atoms with van der Waals surface area (Å²) in [5, 5.41) is 9.65. The largest absolute Gasteiger partial charge is 0.508 e. The molecule has 0 fully saturated rings. The second-order valence-electron chi connectivity index (χ2n) is 5.09. The van der Waals surface area contributed by atoms with E-state index in [0.29, 0.717) is 39.7 Å². The van der Waals surface area contributed by atoms with Crippen LogP contribution >= 0.6 is 0 Å². The van der Waals surface area contributed by atoms with Gasteiger partial charge in [0.25, 0.3) is 0 Å². The van der Waals surface area contributed by atoms with E-state index in [2.05, 4.69) is 0 Å². The van der Waals surface area contributed by atoms with Crippen LogP contribution in [0.25, 0.3) is 11.6 Å². The molecular formula is C18H16O6. The van der Waals surface area contributed by atoms with Gasteiger partial charge < -0.3 is 24.1 Å². The molecule has 0 amide bonds. The van der Waals surface area contributed by atoms with Crippen molar-refractivity contribution in [2.24, 2.45) is 0 Å². The van der Waals surface area contributed by atoms with E-state index in [1.807, 2.05) is 0 Å². The van der Waals surface area contributed by atoms with Crippen molar-refractivity contribution >= 4 is 17.6 Å². The number of fused-ring (bicyclic) bond motifs is 1. The Morgan fingerprint density at radius 1 is 1.00 bits per heavy atom. The molecule has 0 spiro atoms. The number of carbonyl (C=O) groups is 1. The van der Waals surface area contributed by atoms with Crippen LogP contribution in [0.1, 0.15) is 11.1 Å². The number of methoxy groups -OCH3 is 3. The summed E-state index contributed by atoms with van der Waals surface area (Å²) in [6, 6.07) is 7.96. The van der Waals surface area contributed by atoms with Gasteiger partial charge in [0.1, 0.15) is 11.5 Å². The molecule has 0 radical (unpaired) electrons. The zero-order chi connectivity index (χ0) is 17.3. The van der Waals surface area contributed by atoms with E-state index in [1.54, 1.807) is 24.3 Å². The van der Waals surface area contributed by atoms with Crippen LogP contribution in [0.4, 0.5) is 0 Å². The zero-order valence-corrected chi connectivity index (χ0v) is 13.5. The Balaban J connectivity index is 2.13. The maximum Gasteiger partial charge on any atom is 0.344 e. The fourth-order valence-electron chi connectivity index (χ4n) is 2.57. The Kier molecular flexibility index (Phi) is 4.04. The van der Waals surface area contributed by atoms with Crippen LogP contribution in [0.3, 0.4) is 0 Å². The predicted octanol–water partition coefficient (Wildman–Crippen LogP) is 2.88. The number of esters is 1. The molecule has 0 saturated heterocycles. The Bertz CT molecular complexity index is 812. The number of hydrogen-bond donors (Lipinski definition) is 1. The van der Waals surface area contributed by atoms with Gasteiger partial charge >= 0.3 is 5.97 Å². The van der Waals surface area contributed by atoms with Crippen molar-refractivity contribution < 1.29 is 28.8 Å². The second kappa shape index (κ2) is 6.16. The fraction of sp³-hybridized carbons (Fsp3) is 0.167. The number of ether oxygens (including phenoxy) is 4. The highest BCUT2D eigenvalue weighted by Crippen LogP contribution is 2.41. The van der Waals surface area contributed by atoms with Gasteiger partial charge in [-0.3, -0.25) is 0 Å². The third-order valence-corrected chi connectivity index (χ3v) is 3.67. The normalized spacial score (nSPS) is 14.3. The Morgan fingerprint density at radius 3 is 2.25 bits per heavy atom. The van der Waals surface area contributed by atoms with Gasteiger partial charge in [-0.1, -0.05) is 0 Å². The lowest BCUT2D eigenvalue weighted by molar-refractivity contribution is -0.126. The average molecular weight is 328 g/mol. The fourth-order valence-corrected chi connectivity index (χ4v) is 2.57. The smallest absolute Gasteiger partial charge is 0.344 e. The van der Waals surface area contributed by atoms with E-state index < -0.39 is 5.97 Å². The van der Waals surface area contributed by atoms with Gasteiger partial charge in [0.2, 0.25) is 5.75 Å². The molecular weight excluding hydrogens is 312 g/mol. The van der Waals surface area contributed by atoms with Crippen LogP contribution in [-0.4, -0.2) is 32.4 Å². The highest BCUT2D eigenvalue weighted by atomic mass is 16.5. The molecule has 0 aromatic heterocycles. The summed E-state index contributed by atoms with van der Waals surface area (Å²) in [6.07, 6.45) is 1.65. The van der Waals surface area contributed by atoms with Crippen molar-refractivity contribution in [2.75, 3.05) is 21.3 Å². The minimum atomic E-state index is -0.482. The summed E-state index contributed by atoms with van der Waals surface area (Å²) in [5.74, 6) is 1.41. The minimum Gasteiger partial charge on any atom is -0.508 e. The van der Waals surface area contributed by atoms with E-state index >= 15 is 0 Å². The molecule has 0 saturated carbocycles. The molecule has 2 aromatic carbocycles. The van der Waals surface area contributed by atoms with Gasteiger partial charge in [-0.2, -0.15) is 0 Å². The molecule has 1 N–H and O–H groups in total. The van der Waals surface area contributed by atoms with Gasteiger partial charge in [0, 0.05) is 5.56 Å². The molecule has 3 rings (SSSR count). The maximum absolute atomic E-state index is 12.1. The summed E-state index contributed by atoms with van der Waals surface area (Å²) in [6.45, 7) is 0. The molecule has 1 aliphatic heterocycles. The summed E-state index contributed by atoms with van der Waals surface area (Å²) in [7, 11) is 4.56. The van der Waals surface area contributed by atoms with Gasteiger partial charge in [-0.05, 0) is 42.0 Å². The van der Waals surface area contributed by atoms with Crippen molar-refractivity contribution in [3.8, 4) is 28.7 Å². The number of rotatable bonds is 4. The summed E-state index contributed by atoms with van der Waals surface area (Å²) in [5.41, 5.74) is 1.55. The first-order valence-electron chi connectivity index (χ1n) is 7.14. The van der Waals surface area contributed by atoms with Crippen LogP contribution < -0.4 is 18.9 Å². The standard InChI is InChI=1S/C18H16O6/c1-21-15-7-10(8-16(22-2)17(15)23-3)6-13-12-9-11(19)4-5-14(12)24-18(13)20/h4-9,19H,1-3H3/b13-6-. The quantitative estimate of drug-likeness (QED) is 0.528. The number of carbonyl (C=O) groups excluding carboxylic acids is 1. The number of benzene rings is 2. The second-order valence-corrected chi connectivity index (χ2v) is 5.09. The van der Waals surface area contributed by atoms with E-state index in [4.69, 9.17) is 18.9 Å². The van der Waals surface area contributed by atoms with Crippen LogP contribution in [0.2, 0.25) is 0 Å². The first-order valence-corrected chi connectivity index (χ1v) is 7.14. The van der Waals surface area contributed by atoms with Crippen molar-refractivity contribution in [1.29, 1.82) is 0 Å². The molecule has 1 heterocycles. The van der Waals surface area contributed by atoms with E-state index in [9.17, 15) is 9.90 Å². The van der Waals surface area contributed by atoms with E-state index in [0.717, 1.165) is 0 Å². The van der Waals surface area contributed by atoms with Crippen molar-refractivity contribution in [3.63, 3.8) is 0 Å². The van der Waals surface area contributed by atoms with Crippen molar-refractivity contribution in [2.45, 2.75) is 0 Å². The summed E-state index contributed by atoms with van der Waals surface area (Å²) >= 11 is 0. The van der Waals surface area contributed by atoms with E-state index in [-0.39, 0.29) is 5.75 Å². The van der Waals surface area contributed by atoms with Crippen molar-refractivity contribution in [3.05, 3.63) is 41.5 Å². The molecule has 2 aromatic rings. The molecule has 124 valence electrons. The van der Waals surface area contributed by atoms with Gasteiger partial charge in [0.05, 0.1) is 26.9 Å². The minimum absolute atomic E-state index is 0.0582. The molecule has 1 aliphatic rings. The predicted molar refractivity (Wildman–Crippen MR) is 87.7 cm³/mol. The number of phenols is 1. The van der Waals surface area contributed by atoms with E-state index in [1.165, 1.54) is 33.5 Å². The topological polar surface area (TPSA) is 74.2 Å². The maximum atomic E-state index is 12.1. The highest BCUT2D eigenvalue weighted by molar-refractivity contribution is 6.26. The first kappa shape index (κ1) is 15.7. The molecule has 0 atom stereocenters. The van der Waals surface area contributed by atoms with Gasteiger partial charge in [-0.25, -0.2) is 4.79 Å². The Hall–Kier alpha value is -3.15. The summed E-state index contributed by atoms with van der Waals surface area (Å²) < 4.78 is 21.1. The van der Waals surface area contributed by atoms with Crippen LogP contribution in [0, 0.1) is 0 Å². The lowest BCUT2D eigenvalue weighted by Crippen LogP contribution is -2.00. The number of aromatic hydroxyl groups is 1. The molecule has 6 nitrogen and oxygen atoms in total. The third-order valence-electron chi connectivity index (χ3n) is 3.67. The number of hydrogen-bond acceptors (Lipinski definition) is 6. The van der Waals surface area contributed by atoms with Crippen LogP contribution in [0.5, 0.6) is 28.7 Å². The lowest BCUT2D eigenvalue weighted by Gasteiger charge is -2.13. The van der Waals surface area contributed by atoms with Crippen molar-refractivity contribution in [1.82, 2.24) is 0 Å². The zero-order valence-electron chi connectivity index (χ0n) is 13.5. The lowest BCUT2D eigenvalue weighted by atomic mass is 10.0. The molecule has 24 heavy (non-hydrogen) atoms.